The topological polar surface area (TPSA) is 136 Å². The maximum absolute atomic E-state index is 10.8. The average Bonchev–Trinajstić information content (AvgIpc) is 2.29. The molecule has 0 bridgehead atoms. The molecule has 0 fully saturated rings. The summed E-state index contributed by atoms with van der Waals surface area (Å²) in [5, 5.41) is 22.5. The van der Waals surface area contributed by atoms with Crippen LogP contribution in [0, 0.1) is 10.1 Å². The Labute approximate surface area is 103 Å². The number of nitrogens with two attached hydrogens (primary N) is 1. The largest absolute Gasteiger partial charge is 0.396 e. The summed E-state index contributed by atoms with van der Waals surface area (Å²) in [6.07, 6.45) is 1.41. The SMILES string of the molecule is COCC(CCO)Nc1nc(N)ncc1[N+](=O)[O-]. The van der Waals surface area contributed by atoms with Crippen LogP contribution in [0.2, 0.25) is 0 Å². The second-order valence-corrected chi connectivity index (χ2v) is 3.53. The smallest absolute Gasteiger partial charge is 0.329 e. The number of ether oxygens (including phenoxy) is 1. The van der Waals surface area contributed by atoms with Crippen molar-refractivity contribution in [1.82, 2.24) is 9.97 Å². The molecule has 4 N–H and O–H groups in total. The highest BCUT2D eigenvalue weighted by molar-refractivity contribution is 5.56. The molecule has 1 atom stereocenters. The minimum absolute atomic E-state index is 0.0167. The number of nitrogen functional groups attached to an aromatic ring is 1. The van der Waals surface area contributed by atoms with E-state index < -0.39 is 4.92 Å². The first-order chi connectivity index (χ1) is 8.58. The van der Waals surface area contributed by atoms with Gasteiger partial charge in [-0.05, 0) is 6.42 Å². The molecule has 18 heavy (non-hydrogen) atoms. The van der Waals surface area contributed by atoms with Crippen LogP contribution in [0.25, 0.3) is 0 Å². The van der Waals surface area contributed by atoms with Crippen molar-refractivity contribution >= 4 is 17.5 Å². The van der Waals surface area contributed by atoms with Crippen LogP contribution in [-0.2, 0) is 4.74 Å². The van der Waals surface area contributed by atoms with Crippen LogP contribution in [0.5, 0.6) is 0 Å². The monoisotopic (exact) mass is 257 g/mol. The molecule has 0 aliphatic heterocycles. The summed E-state index contributed by atoms with van der Waals surface area (Å²) in [6, 6.07) is -0.298. The number of aromatic nitrogens is 2. The Morgan fingerprint density at radius 3 is 3.00 bits per heavy atom. The molecule has 0 aliphatic rings. The van der Waals surface area contributed by atoms with E-state index in [1.54, 1.807) is 0 Å². The van der Waals surface area contributed by atoms with Crippen LogP contribution < -0.4 is 11.1 Å². The third-order valence-electron chi connectivity index (χ3n) is 2.17. The second-order valence-electron chi connectivity index (χ2n) is 3.53. The van der Waals surface area contributed by atoms with Gasteiger partial charge in [0.05, 0.1) is 17.6 Å². The Hall–Kier alpha value is -2.00. The van der Waals surface area contributed by atoms with Gasteiger partial charge in [-0.2, -0.15) is 4.98 Å². The number of nitrogens with one attached hydrogen (secondary N) is 1. The number of hydrogen-bond donors (Lipinski definition) is 3. The molecule has 9 heteroatoms. The van der Waals surface area contributed by atoms with Gasteiger partial charge in [0.25, 0.3) is 0 Å². The van der Waals surface area contributed by atoms with Crippen LogP contribution in [0.15, 0.2) is 6.20 Å². The fraction of sp³-hybridized carbons (Fsp3) is 0.556. The summed E-state index contributed by atoms with van der Waals surface area (Å²) in [6.45, 7) is 0.205. The molecule has 0 saturated heterocycles. The van der Waals surface area contributed by atoms with E-state index in [9.17, 15) is 10.1 Å². The molecule has 1 rings (SSSR count). The van der Waals surface area contributed by atoms with Crippen molar-refractivity contribution in [2.24, 2.45) is 0 Å². The first-order valence-electron chi connectivity index (χ1n) is 5.21. The minimum atomic E-state index is -0.607. The molecule has 1 aromatic rings. The van der Waals surface area contributed by atoms with Gasteiger partial charge in [0.15, 0.2) is 0 Å². The van der Waals surface area contributed by atoms with Crippen LogP contribution in [0.4, 0.5) is 17.5 Å². The molecule has 9 nitrogen and oxygen atoms in total. The Bertz CT molecular complexity index is 408. The zero-order valence-electron chi connectivity index (χ0n) is 9.87. The number of methoxy groups -OCH3 is 1. The first-order valence-corrected chi connectivity index (χ1v) is 5.21. The van der Waals surface area contributed by atoms with Gasteiger partial charge in [-0.15, -0.1) is 0 Å². The lowest BCUT2D eigenvalue weighted by molar-refractivity contribution is -0.384. The molecule has 0 aliphatic carbocycles. The van der Waals surface area contributed by atoms with E-state index in [1.165, 1.54) is 7.11 Å². The number of aliphatic hydroxyl groups is 1. The predicted octanol–water partition coefficient (Wildman–Crippen LogP) is -0.224. The third-order valence-corrected chi connectivity index (χ3v) is 2.17. The quantitative estimate of drug-likeness (QED) is 0.450. The van der Waals surface area contributed by atoms with Crippen molar-refractivity contribution in [1.29, 1.82) is 0 Å². The van der Waals surface area contributed by atoms with Crippen molar-refractivity contribution < 1.29 is 14.8 Å². The fourth-order valence-electron chi connectivity index (χ4n) is 1.38. The second kappa shape index (κ2) is 6.67. The zero-order chi connectivity index (χ0) is 13.5. The highest BCUT2D eigenvalue weighted by Gasteiger charge is 2.19. The summed E-state index contributed by atoms with van der Waals surface area (Å²) < 4.78 is 4.94. The van der Waals surface area contributed by atoms with Gasteiger partial charge in [-0.1, -0.05) is 0 Å². The maximum atomic E-state index is 10.8. The standard InChI is InChI=1S/C9H15N5O4/c1-18-5-6(2-3-15)12-8-7(14(16)17)4-11-9(10)13-8/h4,6,15H,2-3,5H2,1H3,(H3,10,11,12,13). The molecule has 0 saturated carbocycles. The van der Waals surface area contributed by atoms with Crippen molar-refractivity contribution in [3.8, 4) is 0 Å². The molecule has 1 aromatic heterocycles. The number of nitro groups is 1. The van der Waals surface area contributed by atoms with Crippen LogP contribution in [0.1, 0.15) is 6.42 Å². The van der Waals surface area contributed by atoms with Gasteiger partial charge in [0.2, 0.25) is 11.8 Å². The Morgan fingerprint density at radius 1 is 1.72 bits per heavy atom. The molecular formula is C9H15N5O4. The molecular weight excluding hydrogens is 242 g/mol. The summed E-state index contributed by atoms with van der Waals surface area (Å²) in [7, 11) is 1.49. The van der Waals surface area contributed by atoms with Crippen molar-refractivity contribution in [3.63, 3.8) is 0 Å². The number of aliphatic hydroxyl groups excluding tert-OH is 1. The summed E-state index contributed by atoms with van der Waals surface area (Å²) in [4.78, 5) is 17.5. The lowest BCUT2D eigenvalue weighted by Crippen LogP contribution is -2.27. The maximum Gasteiger partial charge on any atom is 0.329 e. The summed E-state index contributed by atoms with van der Waals surface area (Å²) >= 11 is 0. The van der Waals surface area contributed by atoms with E-state index in [1.807, 2.05) is 0 Å². The highest BCUT2D eigenvalue weighted by atomic mass is 16.6. The van der Waals surface area contributed by atoms with Crippen molar-refractivity contribution in [2.45, 2.75) is 12.5 Å². The first kappa shape index (κ1) is 14.1. The minimum Gasteiger partial charge on any atom is -0.396 e. The molecule has 0 aromatic carbocycles. The predicted molar refractivity (Wildman–Crippen MR) is 64.1 cm³/mol. The molecule has 1 heterocycles. The van der Waals surface area contributed by atoms with Gasteiger partial charge in [-0.3, -0.25) is 10.1 Å². The molecule has 0 amide bonds. The number of anilines is 2. The van der Waals surface area contributed by atoms with E-state index in [0.717, 1.165) is 6.20 Å². The molecule has 100 valence electrons. The fourth-order valence-corrected chi connectivity index (χ4v) is 1.38. The lowest BCUT2D eigenvalue weighted by Gasteiger charge is -2.17. The number of nitrogens with zero attached hydrogens (tertiary/aromatic N) is 3. The number of rotatable bonds is 7. The summed E-state index contributed by atoms with van der Waals surface area (Å²) in [5.74, 6) is -0.0498. The third kappa shape index (κ3) is 3.79. The van der Waals surface area contributed by atoms with Gasteiger partial charge in [0, 0.05) is 13.7 Å². The molecule has 0 spiro atoms. The van der Waals surface area contributed by atoms with E-state index >= 15 is 0 Å². The van der Waals surface area contributed by atoms with Gasteiger partial charge in [0.1, 0.15) is 6.20 Å². The van der Waals surface area contributed by atoms with Gasteiger partial charge in [-0.25, -0.2) is 4.98 Å². The van der Waals surface area contributed by atoms with Crippen molar-refractivity contribution in [3.05, 3.63) is 16.3 Å². The lowest BCUT2D eigenvalue weighted by atomic mass is 10.2. The van der Waals surface area contributed by atoms with E-state index in [4.69, 9.17) is 15.6 Å². The Morgan fingerprint density at radius 2 is 2.44 bits per heavy atom. The van der Waals surface area contributed by atoms with Crippen LogP contribution in [-0.4, -0.2) is 46.4 Å². The van der Waals surface area contributed by atoms with E-state index in [0.29, 0.717) is 6.42 Å². The van der Waals surface area contributed by atoms with Gasteiger partial charge >= 0.3 is 5.69 Å². The van der Waals surface area contributed by atoms with Crippen LogP contribution in [0.3, 0.4) is 0 Å². The molecule has 1 unspecified atom stereocenters. The average molecular weight is 257 g/mol. The van der Waals surface area contributed by atoms with E-state index in [-0.39, 0.29) is 36.7 Å². The Balaban J connectivity index is 2.92. The summed E-state index contributed by atoms with van der Waals surface area (Å²) in [5.41, 5.74) is 5.11. The molecule has 0 radical (unpaired) electrons. The highest BCUT2D eigenvalue weighted by Crippen LogP contribution is 2.22. The van der Waals surface area contributed by atoms with Crippen molar-refractivity contribution in [2.75, 3.05) is 31.4 Å². The van der Waals surface area contributed by atoms with E-state index in [2.05, 4.69) is 15.3 Å². The van der Waals surface area contributed by atoms with Gasteiger partial charge < -0.3 is 20.9 Å². The van der Waals surface area contributed by atoms with Crippen LogP contribution >= 0.6 is 0 Å². The Kier molecular flexibility index (Phi) is 5.21. The zero-order valence-corrected chi connectivity index (χ0v) is 9.87. The number of hydrogen-bond acceptors (Lipinski definition) is 8. The normalized spacial score (nSPS) is 12.1.